The van der Waals surface area contributed by atoms with Crippen LogP contribution >= 0.6 is 0 Å². The Balaban J connectivity index is 1.86. The molecule has 1 N–H and O–H groups in total. The highest BCUT2D eigenvalue weighted by molar-refractivity contribution is 5.84. The van der Waals surface area contributed by atoms with E-state index in [4.69, 9.17) is 9.47 Å². The number of anilines is 1. The van der Waals surface area contributed by atoms with E-state index in [0.717, 1.165) is 63.2 Å². The smallest absolute Gasteiger partial charge is 0.411 e. The Labute approximate surface area is 158 Å². The molecule has 1 fully saturated rings. The van der Waals surface area contributed by atoms with Gasteiger partial charge in [0.1, 0.15) is 11.9 Å². The molecular weight excluding hydrogens is 328 g/mol. The van der Waals surface area contributed by atoms with Crippen LogP contribution in [0.2, 0.25) is 0 Å². The van der Waals surface area contributed by atoms with Crippen molar-refractivity contribution in [1.82, 2.24) is 4.90 Å². The van der Waals surface area contributed by atoms with E-state index in [1.54, 1.807) is 0 Å². The molecule has 0 spiro atoms. The van der Waals surface area contributed by atoms with Gasteiger partial charge in [0.15, 0.2) is 0 Å². The summed E-state index contributed by atoms with van der Waals surface area (Å²) < 4.78 is 11.4. The van der Waals surface area contributed by atoms with E-state index in [1.807, 2.05) is 24.3 Å². The van der Waals surface area contributed by atoms with Gasteiger partial charge in [0.2, 0.25) is 0 Å². The van der Waals surface area contributed by atoms with E-state index in [1.165, 1.54) is 6.42 Å². The molecule has 1 aromatic carbocycles. The lowest BCUT2D eigenvalue weighted by Crippen LogP contribution is -2.47. The third-order valence-electron chi connectivity index (χ3n) is 5.07. The van der Waals surface area contributed by atoms with Crippen molar-refractivity contribution < 1.29 is 14.3 Å². The van der Waals surface area contributed by atoms with Gasteiger partial charge in [0, 0.05) is 11.7 Å². The van der Waals surface area contributed by atoms with Gasteiger partial charge >= 0.3 is 6.09 Å². The van der Waals surface area contributed by atoms with Gasteiger partial charge in [-0.2, -0.15) is 0 Å². The molecule has 2 rings (SSSR count). The molecule has 0 aromatic heterocycles. The number of carbonyl (C=O) groups is 1. The Morgan fingerprint density at radius 3 is 2.46 bits per heavy atom. The minimum atomic E-state index is -0.367. The quantitative estimate of drug-likeness (QED) is 0.623. The first-order valence-corrected chi connectivity index (χ1v) is 10.1. The second kappa shape index (κ2) is 11.1. The zero-order valence-electron chi connectivity index (χ0n) is 16.5. The second-order valence-electron chi connectivity index (χ2n) is 6.87. The summed E-state index contributed by atoms with van der Waals surface area (Å²) in [7, 11) is 0. The van der Waals surface area contributed by atoms with E-state index in [2.05, 4.69) is 31.0 Å². The van der Waals surface area contributed by atoms with E-state index in [9.17, 15) is 4.79 Å². The number of amides is 1. The molecule has 26 heavy (non-hydrogen) atoms. The van der Waals surface area contributed by atoms with Crippen LogP contribution < -0.4 is 10.1 Å². The van der Waals surface area contributed by atoms with Crippen molar-refractivity contribution in [3.05, 3.63) is 24.3 Å². The standard InChI is InChI=1S/C21H34N2O3/c1-4-7-16-25-18-14-12-17(13-15-18)22-21(24)26-20-11-9-8-10-19(20)23(5-2)6-3/h12-15,19-20H,4-11,16H2,1-3H3,(H,22,24)/t19-,20-/m1/s1. The molecule has 1 aromatic rings. The normalized spacial score (nSPS) is 20.0. The number of benzene rings is 1. The van der Waals surface area contributed by atoms with Crippen LogP contribution in [0, 0.1) is 0 Å². The summed E-state index contributed by atoms with van der Waals surface area (Å²) in [6, 6.07) is 7.80. The minimum Gasteiger partial charge on any atom is -0.494 e. The van der Waals surface area contributed by atoms with Crippen molar-refractivity contribution in [2.24, 2.45) is 0 Å². The number of unbranched alkanes of at least 4 members (excludes halogenated alkanes) is 1. The predicted molar refractivity (Wildman–Crippen MR) is 106 cm³/mol. The Morgan fingerprint density at radius 1 is 1.12 bits per heavy atom. The summed E-state index contributed by atoms with van der Waals surface area (Å²) >= 11 is 0. The molecule has 0 radical (unpaired) electrons. The maximum atomic E-state index is 12.3. The number of carbonyl (C=O) groups excluding carboxylic acids is 1. The Kier molecular flexibility index (Phi) is 8.75. The highest BCUT2D eigenvalue weighted by Crippen LogP contribution is 2.26. The first-order valence-electron chi connectivity index (χ1n) is 10.1. The molecule has 0 bridgehead atoms. The molecule has 1 aliphatic carbocycles. The molecule has 0 unspecified atom stereocenters. The zero-order chi connectivity index (χ0) is 18.8. The van der Waals surface area contributed by atoms with E-state index >= 15 is 0 Å². The number of likely N-dealkylation sites (N-methyl/N-ethyl adjacent to an activating group) is 1. The van der Waals surface area contributed by atoms with Crippen molar-refractivity contribution in [1.29, 1.82) is 0 Å². The van der Waals surface area contributed by atoms with Crippen molar-refractivity contribution in [2.75, 3.05) is 25.0 Å². The number of ether oxygens (including phenoxy) is 2. The third-order valence-corrected chi connectivity index (χ3v) is 5.07. The molecule has 0 saturated heterocycles. The number of nitrogens with one attached hydrogen (secondary N) is 1. The molecule has 5 nitrogen and oxygen atoms in total. The molecule has 1 saturated carbocycles. The van der Waals surface area contributed by atoms with Gasteiger partial charge in [-0.05, 0) is 63.0 Å². The number of nitrogens with zero attached hydrogens (tertiary/aromatic N) is 1. The summed E-state index contributed by atoms with van der Waals surface area (Å²) in [5, 5.41) is 2.84. The molecule has 146 valence electrons. The summed E-state index contributed by atoms with van der Waals surface area (Å²) in [4.78, 5) is 14.7. The molecule has 5 heteroatoms. The fraction of sp³-hybridized carbons (Fsp3) is 0.667. The first kappa shape index (κ1) is 20.6. The molecule has 2 atom stereocenters. The average Bonchev–Trinajstić information content (AvgIpc) is 2.65. The van der Waals surface area contributed by atoms with Crippen LogP contribution in [0.25, 0.3) is 0 Å². The van der Waals surface area contributed by atoms with Gasteiger partial charge < -0.3 is 9.47 Å². The number of hydrogen-bond donors (Lipinski definition) is 1. The van der Waals surface area contributed by atoms with Gasteiger partial charge in [-0.25, -0.2) is 4.79 Å². The maximum absolute atomic E-state index is 12.3. The average molecular weight is 363 g/mol. The van der Waals surface area contributed by atoms with Gasteiger partial charge in [-0.3, -0.25) is 10.2 Å². The summed E-state index contributed by atoms with van der Waals surface area (Å²) in [5.41, 5.74) is 0.730. The van der Waals surface area contributed by atoms with Crippen LogP contribution in [-0.2, 0) is 4.74 Å². The summed E-state index contributed by atoms with van der Waals surface area (Å²) in [6.45, 7) is 9.17. The van der Waals surface area contributed by atoms with Crippen LogP contribution in [0.3, 0.4) is 0 Å². The summed E-state index contributed by atoms with van der Waals surface area (Å²) in [5.74, 6) is 0.825. The van der Waals surface area contributed by atoms with Crippen molar-refractivity contribution in [2.45, 2.75) is 71.4 Å². The van der Waals surface area contributed by atoms with Crippen LogP contribution in [-0.4, -0.2) is 42.8 Å². The van der Waals surface area contributed by atoms with Gasteiger partial charge in [0.25, 0.3) is 0 Å². The monoisotopic (exact) mass is 362 g/mol. The fourth-order valence-electron chi connectivity index (χ4n) is 3.58. The first-order chi connectivity index (χ1) is 12.7. The lowest BCUT2D eigenvalue weighted by molar-refractivity contribution is 0.0125. The van der Waals surface area contributed by atoms with Crippen molar-refractivity contribution in [3.8, 4) is 5.75 Å². The van der Waals surface area contributed by atoms with E-state index in [-0.39, 0.29) is 12.2 Å². The van der Waals surface area contributed by atoms with Gasteiger partial charge in [-0.1, -0.05) is 33.6 Å². The zero-order valence-corrected chi connectivity index (χ0v) is 16.5. The fourth-order valence-corrected chi connectivity index (χ4v) is 3.58. The van der Waals surface area contributed by atoms with E-state index < -0.39 is 0 Å². The maximum Gasteiger partial charge on any atom is 0.411 e. The van der Waals surface area contributed by atoms with Crippen molar-refractivity contribution >= 4 is 11.8 Å². The largest absolute Gasteiger partial charge is 0.494 e. The van der Waals surface area contributed by atoms with Crippen LogP contribution in [0.4, 0.5) is 10.5 Å². The second-order valence-corrected chi connectivity index (χ2v) is 6.87. The Bertz CT molecular complexity index is 529. The molecule has 1 amide bonds. The molecule has 0 aliphatic heterocycles. The van der Waals surface area contributed by atoms with Crippen LogP contribution in [0.1, 0.15) is 59.3 Å². The number of rotatable bonds is 9. The van der Waals surface area contributed by atoms with Crippen LogP contribution in [0.5, 0.6) is 5.75 Å². The lowest BCUT2D eigenvalue weighted by Gasteiger charge is -2.38. The third kappa shape index (κ3) is 6.20. The van der Waals surface area contributed by atoms with E-state index in [0.29, 0.717) is 6.04 Å². The van der Waals surface area contributed by atoms with Gasteiger partial charge in [-0.15, -0.1) is 0 Å². The lowest BCUT2D eigenvalue weighted by atomic mass is 9.91. The number of hydrogen-bond acceptors (Lipinski definition) is 4. The molecule has 1 aliphatic rings. The van der Waals surface area contributed by atoms with Crippen LogP contribution in [0.15, 0.2) is 24.3 Å². The SMILES string of the molecule is CCCCOc1ccc(NC(=O)O[C@@H]2CCCC[C@H]2N(CC)CC)cc1. The molecular formula is C21H34N2O3. The Morgan fingerprint density at radius 2 is 1.81 bits per heavy atom. The highest BCUT2D eigenvalue weighted by atomic mass is 16.6. The highest BCUT2D eigenvalue weighted by Gasteiger charge is 2.31. The predicted octanol–water partition coefficient (Wildman–Crippen LogP) is 5.07. The van der Waals surface area contributed by atoms with Crippen molar-refractivity contribution in [3.63, 3.8) is 0 Å². The topological polar surface area (TPSA) is 50.8 Å². The minimum absolute atomic E-state index is 0.0275. The Hall–Kier alpha value is -1.75. The summed E-state index contributed by atoms with van der Waals surface area (Å²) in [6.07, 6.45) is 6.14. The molecule has 0 heterocycles. The van der Waals surface area contributed by atoms with Gasteiger partial charge in [0.05, 0.1) is 6.61 Å².